The number of H-pyrrole nitrogens is 1. The average molecular weight is 283 g/mol. The first kappa shape index (κ1) is 13.0. The van der Waals surface area contributed by atoms with Crippen molar-refractivity contribution < 1.29 is 17.9 Å². The largest absolute Gasteiger partial charge is 0.573 e. The maximum Gasteiger partial charge on any atom is 0.573 e. The van der Waals surface area contributed by atoms with Crippen molar-refractivity contribution in [2.24, 2.45) is 0 Å². The molecule has 0 unspecified atom stereocenters. The van der Waals surface area contributed by atoms with Crippen LogP contribution in [-0.4, -0.2) is 22.9 Å². The summed E-state index contributed by atoms with van der Waals surface area (Å²) in [6.07, 6.45) is -3.96. The van der Waals surface area contributed by atoms with Gasteiger partial charge >= 0.3 is 6.36 Å². The average Bonchev–Trinajstić information content (AvgIpc) is 2.81. The minimum absolute atomic E-state index is 0.251. The lowest BCUT2D eigenvalue weighted by molar-refractivity contribution is -0.274. The summed E-state index contributed by atoms with van der Waals surface area (Å²) < 4.78 is 41.2. The summed E-state index contributed by atoms with van der Waals surface area (Å²) in [4.78, 5) is 7.42. The summed E-state index contributed by atoms with van der Waals surface area (Å²) in [6.45, 7) is 1.46. The van der Waals surface area contributed by atoms with E-state index in [1.807, 2.05) is 0 Å². The van der Waals surface area contributed by atoms with E-state index in [2.05, 4.69) is 20.0 Å². The zero-order valence-corrected chi connectivity index (χ0v) is 10.4. The molecule has 0 aliphatic carbocycles. The lowest BCUT2D eigenvalue weighted by atomic mass is 10.2. The molecule has 1 aliphatic heterocycles. The van der Waals surface area contributed by atoms with Gasteiger partial charge in [0.15, 0.2) is 0 Å². The van der Waals surface area contributed by atoms with Crippen LogP contribution < -0.4 is 10.1 Å². The topological polar surface area (TPSA) is 49.9 Å². The van der Waals surface area contributed by atoms with Gasteiger partial charge in [0.05, 0.1) is 17.0 Å². The smallest absolute Gasteiger partial charge is 0.405 e. The highest BCUT2D eigenvalue weighted by Crippen LogP contribution is 2.32. The van der Waals surface area contributed by atoms with Gasteiger partial charge < -0.3 is 15.0 Å². The number of ether oxygens (including phenoxy) is 1. The van der Waals surface area contributed by atoms with E-state index in [1.54, 1.807) is 12.1 Å². The molecule has 4 nitrogen and oxygen atoms in total. The molecule has 0 saturated carbocycles. The normalized spacial score (nSPS) is 14.9. The van der Waals surface area contributed by atoms with E-state index in [1.165, 1.54) is 12.1 Å². The lowest BCUT2D eigenvalue weighted by Gasteiger charge is -2.11. The molecule has 3 rings (SSSR count). The predicted molar refractivity (Wildman–Crippen MR) is 66.1 cm³/mol. The number of imidazole rings is 1. The van der Waals surface area contributed by atoms with E-state index in [-0.39, 0.29) is 5.75 Å². The first-order chi connectivity index (χ1) is 9.53. The summed E-state index contributed by atoms with van der Waals surface area (Å²) >= 11 is 0. The second-order valence-electron chi connectivity index (χ2n) is 4.48. The fraction of sp³-hybridized carbons (Fsp3) is 0.308. The molecule has 7 heteroatoms. The first-order valence-electron chi connectivity index (χ1n) is 6.16. The van der Waals surface area contributed by atoms with Crippen molar-refractivity contribution in [3.8, 4) is 17.1 Å². The van der Waals surface area contributed by atoms with Gasteiger partial charge in [0.2, 0.25) is 0 Å². The zero-order valence-electron chi connectivity index (χ0n) is 10.4. The van der Waals surface area contributed by atoms with E-state index >= 15 is 0 Å². The number of aromatic nitrogens is 2. The van der Waals surface area contributed by atoms with Gasteiger partial charge in [0.25, 0.3) is 0 Å². The molecule has 1 aliphatic rings. The maximum absolute atomic E-state index is 12.4. The predicted octanol–water partition coefficient (Wildman–Crippen LogP) is 2.62. The number of rotatable bonds is 2. The van der Waals surface area contributed by atoms with Gasteiger partial charge in [0, 0.05) is 19.5 Å². The molecule has 0 radical (unpaired) electrons. The molecule has 2 aromatic rings. The third-order valence-electron chi connectivity index (χ3n) is 3.07. The SMILES string of the molecule is FC(F)(F)Oc1ccccc1-c1nc2c([nH]1)CNCC2. The molecule has 0 saturated heterocycles. The van der Waals surface area contributed by atoms with Crippen LogP contribution in [0.25, 0.3) is 11.4 Å². The van der Waals surface area contributed by atoms with Crippen molar-refractivity contribution in [2.45, 2.75) is 19.3 Å². The molecule has 0 bridgehead atoms. The molecule has 2 heterocycles. The second-order valence-corrected chi connectivity index (χ2v) is 4.48. The molecule has 0 atom stereocenters. The van der Waals surface area contributed by atoms with Crippen LogP contribution >= 0.6 is 0 Å². The van der Waals surface area contributed by atoms with E-state index in [0.717, 1.165) is 24.4 Å². The van der Waals surface area contributed by atoms with E-state index in [0.29, 0.717) is 17.9 Å². The third-order valence-corrected chi connectivity index (χ3v) is 3.07. The van der Waals surface area contributed by atoms with Crippen LogP contribution in [0.2, 0.25) is 0 Å². The van der Waals surface area contributed by atoms with Gasteiger partial charge in [-0.1, -0.05) is 12.1 Å². The van der Waals surface area contributed by atoms with Gasteiger partial charge in [-0.3, -0.25) is 0 Å². The Morgan fingerprint density at radius 2 is 2.00 bits per heavy atom. The van der Waals surface area contributed by atoms with Gasteiger partial charge in [-0.05, 0) is 12.1 Å². The van der Waals surface area contributed by atoms with E-state index < -0.39 is 6.36 Å². The van der Waals surface area contributed by atoms with Crippen LogP contribution in [0.3, 0.4) is 0 Å². The number of para-hydroxylation sites is 1. The minimum atomic E-state index is -4.72. The Labute approximate surface area is 113 Å². The van der Waals surface area contributed by atoms with Gasteiger partial charge in [-0.25, -0.2) is 4.98 Å². The standard InChI is InChI=1S/C13H12F3N3O/c14-13(15,16)20-11-4-2-1-3-8(11)12-18-9-5-6-17-7-10(9)19-12/h1-4,17H,5-7H2,(H,18,19). The Morgan fingerprint density at radius 1 is 1.20 bits per heavy atom. The highest BCUT2D eigenvalue weighted by molar-refractivity contribution is 5.64. The van der Waals surface area contributed by atoms with E-state index in [4.69, 9.17) is 0 Å². The molecule has 1 aromatic heterocycles. The Balaban J connectivity index is 1.99. The Kier molecular flexibility index (Phi) is 3.13. The molecular formula is C13H12F3N3O. The van der Waals surface area contributed by atoms with Gasteiger partial charge in [-0.2, -0.15) is 0 Å². The van der Waals surface area contributed by atoms with Gasteiger partial charge in [-0.15, -0.1) is 13.2 Å². The van der Waals surface area contributed by atoms with Crippen LogP contribution in [0.15, 0.2) is 24.3 Å². The summed E-state index contributed by atoms with van der Waals surface area (Å²) in [5.74, 6) is 0.151. The number of hydrogen-bond donors (Lipinski definition) is 2. The molecule has 106 valence electrons. The van der Waals surface area contributed by atoms with Gasteiger partial charge in [0.1, 0.15) is 11.6 Å². The van der Waals surface area contributed by atoms with Crippen molar-refractivity contribution >= 4 is 0 Å². The number of halogens is 3. The fourth-order valence-electron chi connectivity index (χ4n) is 2.22. The Bertz CT molecular complexity index is 598. The first-order valence-corrected chi connectivity index (χ1v) is 6.16. The van der Waals surface area contributed by atoms with Crippen LogP contribution in [0.1, 0.15) is 11.4 Å². The maximum atomic E-state index is 12.4. The monoisotopic (exact) mass is 283 g/mol. The van der Waals surface area contributed by atoms with Crippen molar-refractivity contribution in [1.29, 1.82) is 0 Å². The second kappa shape index (κ2) is 4.82. The fourth-order valence-corrected chi connectivity index (χ4v) is 2.22. The molecule has 0 amide bonds. The van der Waals surface area contributed by atoms with Crippen molar-refractivity contribution in [2.75, 3.05) is 6.54 Å². The van der Waals surface area contributed by atoms with Crippen LogP contribution in [0, 0.1) is 0 Å². The quantitative estimate of drug-likeness (QED) is 0.890. The Morgan fingerprint density at radius 3 is 2.75 bits per heavy atom. The molecule has 0 spiro atoms. The number of alkyl halides is 3. The number of aromatic amines is 1. The molecule has 20 heavy (non-hydrogen) atoms. The summed E-state index contributed by atoms with van der Waals surface area (Å²) in [5.41, 5.74) is 2.10. The number of hydrogen-bond acceptors (Lipinski definition) is 3. The summed E-state index contributed by atoms with van der Waals surface area (Å²) in [7, 11) is 0. The molecule has 1 aromatic carbocycles. The van der Waals surface area contributed by atoms with Crippen molar-refractivity contribution in [3.05, 3.63) is 35.7 Å². The highest BCUT2D eigenvalue weighted by atomic mass is 19.4. The molecule has 2 N–H and O–H groups in total. The summed E-state index contributed by atoms with van der Waals surface area (Å²) in [5, 5.41) is 3.18. The van der Waals surface area contributed by atoms with E-state index in [9.17, 15) is 13.2 Å². The van der Waals surface area contributed by atoms with Crippen LogP contribution in [-0.2, 0) is 13.0 Å². The Hall–Kier alpha value is -2.02. The number of nitrogens with zero attached hydrogens (tertiary/aromatic N) is 1. The number of fused-ring (bicyclic) bond motifs is 1. The van der Waals surface area contributed by atoms with Crippen LogP contribution in [0.5, 0.6) is 5.75 Å². The summed E-state index contributed by atoms with van der Waals surface area (Å²) in [6, 6.07) is 5.98. The number of benzene rings is 1. The third kappa shape index (κ3) is 2.62. The zero-order chi connectivity index (χ0) is 14.2. The number of nitrogens with one attached hydrogen (secondary N) is 2. The minimum Gasteiger partial charge on any atom is -0.405 e. The lowest BCUT2D eigenvalue weighted by Crippen LogP contribution is -2.23. The molecule has 0 fully saturated rings. The van der Waals surface area contributed by atoms with Crippen molar-refractivity contribution in [1.82, 2.24) is 15.3 Å². The highest BCUT2D eigenvalue weighted by Gasteiger charge is 2.32. The van der Waals surface area contributed by atoms with Crippen LogP contribution in [0.4, 0.5) is 13.2 Å². The molecular weight excluding hydrogens is 271 g/mol. The van der Waals surface area contributed by atoms with Crippen molar-refractivity contribution in [3.63, 3.8) is 0 Å².